The SMILES string of the molecule is C[S@@](=O)(Cc1cc(Nc2ncc(F)c(-c3ccc(F)cc3F)n2)cc(C(F)(F)F)c1)=NC(N)=O. The molecule has 3 aromatic rings. The lowest BCUT2D eigenvalue weighted by Gasteiger charge is -2.14. The van der Waals surface area contributed by atoms with Gasteiger partial charge in [0, 0.05) is 23.6 Å². The van der Waals surface area contributed by atoms with Crippen molar-refractivity contribution in [1.82, 2.24) is 9.97 Å². The van der Waals surface area contributed by atoms with Crippen molar-refractivity contribution in [3.05, 3.63) is 71.2 Å². The van der Waals surface area contributed by atoms with Crippen molar-refractivity contribution < 1.29 is 35.3 Å². The molecule has 14 heteroatoms. The first-order valence-electron chi connectivity index (χ1n) is 9.19. The topological polar surface area (TPSA) is 110 Å². The fourth-order valence-electron chi connectivity index (χ4n) is 2.97. The van der Waals surface area contributed by atoms with E-state index in [2.05, 4.69) is 19.6 Å². The summed E-state index contributed by atoms with van der Waals surface area (Å²) in [4.78, 5) is 18.4. The summed E-state index contributed by atoms with van der Waals surface area (Å²) in [7, 11) is -3.29. The summed E-state index contributed by atoms with van der Waals surface area (Å²) in [6, 6.07) is 3.68. The molecule has 2 aromatic carbocycles. The Morgan fingerprint density at radius 3 is 2.44 bits per heavy atom. The standard InChI is InChI=1S/C20H15F6N5O2S/c1-34(33,31-18(27)32)9-10-4-11(20(24,25)26)6-13(5-10)29-19-28-8-16(23)17(30-19)14-3-2-12(21)7-15(14)22/h2-8H,9H2,1H3,(H2,27,32)(H,28,29,30)/t34-/m1/s1. The van der Waals surface area contributed by atoms with Gasteiger partial charge in [-0.1, -0.05) is 0 Å². The monoisotopic (exact) mass is 503 g/mol. The van der Waals surface area contributed by atoms with Gasteiger partial charge in [0.15, 0.2) is 5.82 Å². The summed E-state index contributed by atoms with van der Waals surface area (Å²) in [5, 5.41) is 2.45. The molecule has 0 aliphatic heterocycles. The van der Waals surface area contributed by atoms with Crippen molar-refractivity contribution in [2.75, 3.05) is 11.6 Å². The smallest absolute Gasteiger partial charge is 0.349 e. The van der Waals surface area contributed by atoms with E-state index in [1.807, 2.05) is 0 Å². The summed E-state index contributed by atoms with van der Waals surface area (Å²) < 4.78 is 97.2. The number of anilines is 2. The molecule has 180 valence electrons. The van der Waals surface area contributed by atoms with E-state index in [1.165, 1.54) is 6.07 Å². The van der Waals surface area contributed by atoms with Crippen LogP contribution in [0.5, 0.6) is 0 Å². The van der Waals surface area contributed by atoms with Crippen LogP contribution in [0.15, 0.2) is 47.0 Å². The van der Waals surface area contributed by atoms with E-state index in [9.17, 15) is 35.3 Å². The van der Waals surface area contributed by atoms with Gasteiger partial charge in [0.05, 0.1) is 27.2 Å². The number of amides is 2. The summed E-state index contributed by atoms with van der Waals surface area (Å²) in [5.41, 5.74) is 2.47. The predicted octanol–water partition coefficient (Wildman–Crippen LogP) is 5.00. The molecule has 0 saturated carbocycles. The summed E-state index contributed by atoms with van der Waals surface area (Å²) in [6.45, 7) is 0. The van der Waals surface area contributed by atoms with Gasteiger partial charge in [0.2, 0.25) is 5.95 Å². The minimum absolute atomic E-state index is 0.110. The zero-order chi connectivity index (χ0) is 25.3. The third kappa shape index (κ3) is 6.21. The molecule has 3 N–H and O–H groups in total. The molecular weight excluding hydrogens is 488 g/mol. The summed E-state index contributed by atoms with van der Waals surface area (Å²) in [6.07, 6.45) is -3.09. The number of carbonyl (C=O) groups is 1. The molecule has 0 unspecified atom stereocenters. The number of carbonyl (C=O) groups excluding carboxylic acids is 1. The highest BCUT2D eigenvalue weighted by Crippen LogP contribution is 2.33. The van der Waals surface area contributed by atoms with Crippen molar-refractivity contribution >= 4 is 27.4 Å². The lowest BCUT2D eigenvalue weighted by molar-refractivity contribution is -0.137. The first-order chi connectivity index (χ1) is 15.7. The highest BCUT2D eigenvalue weighted by Gasteiger charge is 2.31. The number of rotatable bonds is 5. The third-order valence-corrected chi connectivity index (χ3v) is 5.66. The molecule has 0 fully saturated rings. The first-order valence-corrected chi connectivity index (χ1v) is 11.3. The molecule has 0 saturated heterocycles. The van der Waals surface area contributed by atoms with Gasteiger partial charge in [-0.25, -0.2) is 32.1 Å². The van der Waals surface area contributed by atoms with Gasteiger partial charge in [-0.2, -0.15) is 13.2 Å². The number of alkyl halides is 3. The number of nitrogens with zero attached hydrogens (tertiary/aromatic N) is 3. The molecule has 1 aromatic heterocycles. The van der Waals surface area contributed by atoms with Crippen LogP contribution in [0.2, 0.25) is 0 Å². The minimum atomic E-state index is -4.80. The maximum Gasteiger partial charge on any atom is 0.416 e. The number of aromatic nitrogens is 2. The third-order valence-electron chi connectivity index (χ3n) is 4.22. The molecular formula is C20H15F6N5O2S. The highest BCUT2D eigenvalue weighted by atomic mass is 32.2. The molecule has 1 atom stereocenters. The van der Waals surface area contributed by atoms with Gasteiger partial charge in [-0.15, -0.1) is 4.36 Å². The molecule has 0 radical (unpaired) electrons. The fraction of sp³-hybridized carbons (Fsp3) is 0.150. The maximum atomic E-state index is 14.2. The van der Waals surface area contributed by atoms with E-state index in [0.717, 1.165) is 24.5 Å². The van der Waals surface area contributed by atoms with Gasteiger partial charge in [-0.05, 0) is 35.9 Å². The van der Waals surface area contributed by atoms with Crippen LogP contribution in [0, 0.1) is 17.5 Å². The summed E-state index contributed by atoms with van der Waals surface area (Å²) in [5.74, 6) is -4.00. The van der Waals surface area contributed by atoms with Crippen molar-refractivity contribution in [2.45, 2.75) is 11.9 Å². The Kier molecular flexibility index (Phi) is 6.82. The number of hydrogen-bond donors (Lipinski definition) is 2. The average Bonchev–Trinajstić information content (AvgIpc) is 2.67. The van der Waals surface area contributed by atoms with Gasteiger partial charge in [-0.3, -0.25) is 0 Å². The van der Waals surface area contributed by atoms with Crippen LogP contribution >= 0.6 is 0 Å². The minimum Gasteiger partial charge on any atom is -0.349 e. The van der Waals surface area contributed by atoms with E-state index in [4.69, 9.17) is 5.73 Å². The second-order valence-electron chi connectivity index (χ2n) is 7.09. The largest absolute Gasteiger partial charge is 0.416 e. The Morgan fingerprint density at radius 1 is 1.12 bits per heavy atom. The van der Waals surface area contributed by atoms with E-state index < -0.39 is 67.9 Å². The number of benzene rings is 2. The lowest BCUT2D eigenvalue weighted by Crippen LogP contribution is -2.12. The van der Waals surface area contributed by atoms with Crippen LogP contribution in [0.4, 0.5) is 42.8 Å². The molecule has 0 spiro atoms. The fourth-order valence-corrected chi connectivity index (χ4v) is 4.20. The normalized spacial score (nSPS) is 13.3. The Morgan fingerprint density at radius 2 is 1.82 bits per heavy atom. The quantitative estimate of drug-likeness (QED) is 0.476. The Balaban J connectivity index is 2.04. The molecule has 1 heterocycles. The van der Waals surface area contributed by atoms with Crippen molar-refractivity contribution in [3.63, 3.8) is 0 Å². The van der Waals surface area contributed by atoms with Crippen molar-refractivity contribution in [2.24, 2.45) is 10.1 Å². The number of halogens is 6. The van der Waals surface area contributed by atoms with E-state index in [0.29, 0.717) is 18.3 Å². The Labute approximate surface area is 189 Å². The zero-order valence-electron chi connectivity index (χ0n) is 17.2. The number of nitrogens with two attached hydrogens (primary N) is 1. The molecule has 34 heavy (non-hydrogen) atoms. The molecule has 0 aliphatic rings. The van der Waals surface area contributed by atoms with E-state index in [-0.39, 0.29) is 11.3 Å². The maximum absolute atomic E-state index is 14.2. The molecule has 0 aliphatic carbocycles. The predicted molar refractivity (Wildman–Crippen MR) is 112 cm³/mol. The van der Waals surface area contributed by atoms with Crippen LogP contribution in [-0.4, -0.2) is 26.5 Å². The van der Waals surface area contributed by atoms with E-state index in [1.54, 1.807) is 0 Å². The Hall–Kier alpha value is -3.68. The molecule has 3 rings (SSSR count). The zero-order valence-corrected chi connectivity index (χ0v) is 18.0. The number of primary amides is 1. The van der Waals surface area contributed by atoms with Gasteiger partial charge >= 0.3 is 12.2 Å². The Bertz CT molecular complexity index is 1390. The van der Waals surface area contributed by atoms with Crippen LogP contribution in [0.1, 0.15) is 11.1 Å². The number of nitrogens with one attached hydrogen (secondary N) is 1. The van der Waals surface area contributed by atoms with Crippen LogP contribution < -0.4 is 11.1 Å². The summed E-state index contributed by atoms with van der Waals surface area (Å²) >= 11 is 0. The van der Waals surface area contributed by atoms with Gasteiger partial charge in [0.1, 0.15) is 17.3 Å². The molecule has 0 bridgehead atoms. The molecule has 7 nitrogen and oxygen atoms in total. The van der Waals surface area contributed by atoms with Gasteiger partial charge in [0.25, 0.3) is 0 Å². The highest BCUT2D eigenvalue weighted by molar-refractivity contribution is 7.92. The second-order valence-corrected chi connectivity index (χ2v) is 9.48. The second kappa shape index (κ2) is 9.29. The van der Waals surface area contributed by atoms with E-state index >= 15 is 0 Å². The van der Waals surface area contributed by atoms with Crippen molar-refractivity contribution in [1.29, 1.82) is 0 Å². The average molecular weight is 503 g/mol. The number of hydrogen-bond acceptors (Lipinski definition) is 5. The van der Waals surface area contributed by atoms with Crippen molar-refractivity contribution in [3.8, 4) is 11.3 Å². The first kappa shape index (κ1) is 25.0. The van der Waals surface area contributed by atoms with Crippen LogP contribution in [-0.2, 0) is 21.7 Å². The lowest BCUT2D eigenvalue weighted by atomic mass is 10.1. The van der Waals surface area contributed by atoms with Crippen LogP contribution in [0.25, 0.3) is 11.3 Å². The van der Waals surface area contributed by atoms with Crippen LogP contribution in [0.3, 0.4) is 0 Å². The number of urea groups is 1. The molecule has 2 amide bonds. The van der Waals surface area contributed by atoms with Gasteiger partial charge < -0.3 is 11.1 Å².